The second kappa shape index (κ2) is 9.32. The first-order valence-corrected chi connectivity index (χ1v) is 9.71. The Bertz CT molecular complexity index is 1080. The summed E-state index contributed by atoms with van der Waals surface area (Å²) in [5.41, 5.74) is 6.08. The topological polar surface area (TPSA) is 78.4 Å². The van der Waals surface area contributed by atoms with Crippen LogP contribution in [0.4, 0.5) is 0 Å². The van der Waals surface area contributed by atoms with Crippen LogP contribution in [0, 0.1) is 0 Å². The lowest BCUT2D eigenvalue weighted by atomic mass is 10.1. The predicted octanol–water partition coefficient (Wildman–Crippen LogP) is 4.04. The number of nitrogens with one attached hydrogen (secondary N) is 1. The van der Waals surface area contributed by atoms with Gasteiger partial charge >= 0.3 is 5.97 Å². The number of nitrogens with zero attached hydrogens (tertiary/aromatic N) is 1. The molecule has 4 rings (SSSR count). The molecule has 1 aliphatic rings. The average Bonchev–Trinajstić information content (AvgIpc) is 3.33. The maximum absolute atomic E-state index is 11.5. The van der Waals surface area contributed by atoms with E-state index in [2.05, 4.69) is 10.5 Å². The third kappa shape index (κ3) is 4.67. The quantitative estimate of drug-likeness (QED) is 0.584. The fraction of sp³-hybridized carbons (Fsp3) is 0.167. The lowest BCUT2D eigenvalue weighted by Crippen LogP contribution is -2.17. The Morgan fingerprint density at radius 1 is 1.00 bits per heavy atom. The van der Waals surface area contributed by atoms with Crippen LogP contribution in [0.15, 0.2) is 77.8 Å². The smallest absolute Gasteiger partial charge is 0.337 e. The monoisotopic (exact) mass is 418 g/mol. The summed E-state index contributed by atoms with van der Waals surface area (Å²) in [6.07, 6.45) is -0.482. The molecule has 0 amide bonds. The van der Waals surface area contributed by atoms with Gasteiger partial charge in [-0.3, -0.25) is 0 Å². The first-order valence-electron chi connectivity index (χ1n) is 9.71. The Balaban J connectivity index is 1.45. The minimum Gasteiger partial charge on any atom is -0.493 e. The van der Waals surface area contributed by atoms with Crippen LogP contribution in [0.5, 0.6) is 11.5 Å². The van der Waals surface area contributed by atoms with Gasteiger partial charge in [0.1, 0.15) is 6.61 Å². The molecule has 0 aliphatic carbocycles. The number of methoxy groups -OCH3 is 2. The van der Waals surface area contributed by atoms with Crippen molar-refractivity contribution in [3.8, 4) is 11.5 Å². The summed E-state index contributed by atoms with van der Waals surface area (Å²) in [4.78, 5) is 21.8. The Morgan fingerprint density at radius 2 is 1.77 bits per heavy atom. The molecule has 0 radical (unpaired) electrons. The van der Waals surface area contributed by atoms with Crippen LogP contribution in [-0.4, -0.2) is 26.0 Å². The highest BCUT2D eigenvalue weighted by Gasteiger charge is 2.22. The van der Waals surface area contributed by atoms with E-state index in [1.807, 2.05) is 60.7 Å². The molecule has 0 aromatic heterocycles. The van der Waals surface area contributed by atoms with Gasteiger partial charge in [0.05, 0.1) is 19.8 Å². The van der Waals surface area contributed by atoms with E-state index in [9.17, 15) is 4.79 Å². The zero-order chi connectivity index (χ0) is 21.6. The van der Waals surface area contributed by atoms with Crippen LogP contribution >= 0.6 is 0 Å². The molecule has 1 N–H and O–H groups in total. The van der Waals surface area contributed by atoms with Crippen molar-refractivity contribution in [1.82, 2.24) is 5.48 Å². The first-order chi connectivity index (χ1) is 15.2. The number of carbonyl (C=O) groups is 1. The summed E-state index contributed by atoms with van der Waals surface area (Å²) in [6, 6.07) is 22.4. The predicted molar refractivity (Wildman–Crippen MR) is 115 cm³/mol. The van der Waals surface area contributed by atoms with Gasteiger partial charge in [-0.15, -0.1) is 0 Å². The van der Waals surface area contributed by atoms with Crippen LogP contribution < -0.4 is 15.0 Å². The largest absolute Gasteiger partial charge is 0.493 e. The van der Waals surface area contributed by atoms with Crippen LogP contribution in [0.1, 0.15) is 33.3 Å². The van der Waals surface area contributed by atoms with E-state index in [0.29, 0.717) is 29.5 Å². The van der Waals surface area contributed by atoms with Gasteiger partial charge in [-0.05, 0) is 29.8 Å². The number of benzene rings is 3. The molecule has 31 heavy (non-hydrogen) atoms. The highest BCUT2D eigenvalue weighted by atomic mass is 16.7. The van der Waals surface area contributed by atoms with E-state index in [4.69, 9.17) is 19.0 Å². The van der Waals surface area contributed by atoms with Gasteiger partial charge in [-0.2, -0.15) is 0 Å². The average molecular weight is 418 g/mol. The number of amidine groups is 1. The number of hydroxylamine groups is 1. The van der Waals surface area contributed by atoms with Crippen molar-refractivity contribution in [2.75, 3.05) is 14.2 Å². The fourth-order valence-corrected chi connectivity index (χ4v) is 3.13. The van der Waals surface area contributed by atoms with E-state index in [0.717, 1.165) is 16.7 Å². The molecule has 3 aromatic rings. The second-order valence-electron chi connectivity index (χ2n) is 6.80. The Kier molecular flexibility index (Phi) is 6.14. The van der Waals surface area contributed by atoms with Gasteiger partial charge in [0.25, 0.3) is 0 Å². The number of carbonyl (C=O) groups excluding carboxylic acids is 1. The molecule has 0 saturated heterocycles. The zero-order valence-electron chi connectivity index (χ0n) is 17.2. The number of rotatable bonds is 7. The molecular formula is C24H22N2O5. The molecule has 1 aliphatic heterocycles. The molecular weight excluding hydrogens is 396 g/mol. The molecule has 0 unspecified atom stereocenters. The minimum absolute atomic E-state index is 0.328. The van der Waals surface area contributed by atoms with E-state index in [1.54, 1.807) is 19.2 Å². The van der Waals surface area contributed by atoms with Crippen LogP contribution in [0.25, 0.3) is 0 Å². The van der Waals surface area contributed by atoms with Crippen LogP contribution in [0.2, 0.25) is 0 Å². The van der Waals surface area contributed by atoms with Crippen molar-refractivity contribution in [1.29, 1.82) is 0 Å². The summed E-state index contributed by atoms with van der Waals surface area (Å²) in [7, 11) is 2.94. The Labute approximate surface area is 180 Å². The highest BCUT2D eigenvalue weighted by molar-refractivity contribution is 5.98. The SMILES string of the molecule is COC(=O)c1ccc(COc2ccc([C@H]3N=C(c4ccccc4)NO3)cc2OC)cc1. The third-order valence-electron chi connectivity index (χ3n) is 4.80. The number of ether oxygens (including phenoxy) is 3. The molecule has 0 fully saturated rings. The molecule has 1 atom stereocenters. The molecule has 1 heterocycles. The summed E-state index contributed by atoms with van der Waals surface area (Å²) < 4.78 is 16.1. The highest BCUT2D eigenvalue weighted by Crippen LogP contribution is 2.33. The van der Waals surface area contributed by atoms with Crippen molar-refractivity contribution in [2.45, 2.75) is 12.8 Å². The van der Waals surface area contributed by atoms with Gasteiger partial charge in [0, 0.05) is 11.1 Å². The second-order valence-corrected chi connectivity index (χ2v) is 6.80. The van der Waals surface area contributed by atoms with Gasteiger partial charge < -0.3 is 14.2 Å². The van der Waals surface area contributed by atoms with Gasteiger partial charge in [-0.1, -0.05) is 48.5 Å². The molecule has 7 nitrogen and oxygen atoms in total. The van der Waals surface area contributed by atoms with E-state index in [-0.39, 0.29) is 5.97 Å². The van der Waals surface area contributed by atoms with Crippen molar-refractivity contribution in [3.05, 3.63) is 95.1 Å². The minimum atomic E-state index is -0.482. The normalized spacial score (nSPS) is 15.0. The maximum atomic E-state index is 11.5. The first kappa shape index (κ1) is 20.4. The van der Waals surface area contributed by atoms with E-state index < -0.39 is 6.23 Å². The lowest BCUT2D eigenvalue weighted by Gasteiger charge is -2.14. The van der Waals surface area contributed by atoms with Crippen molar-refractivity contribution < 1.29 is 23.8 Å². The molecule has 7 heteroatoms. The fourth-order valence-electron chi connectivity index (χ4n) is 3.13. The molecule has 3 aromatic carbocycles. The Hall–Kier alpha value is -3.84. The molecule has 0 saturated carbocycles. The lowest BCUT2D eigenvalue weighted by molar-refractivity contribution is 0.0375. The van der Waals surface area contributed by atoms with Crippen molar-refractivity contribution in [3.63, 3.8) is 0 Å². The number of hydrogen-bond acceptors (Lipinski definition) is 7. The summed E-state index contributed by atoms with van der Waals surface area (Å²) >= 11 is 0. The van der Waals surface area contributed by atoms with Gasteiger partial charge in [0.2, 0.25) is 6.23 Å². The molecule has 0 bridgehead atoms. The van der Waals surface area contributed by atoms with Gasteiger partial charge in [0.15, 0.2) is 17.3 Å². The summed E-state index contributed by atoms with van der Waals surface area (Å²) in [6.45, 7) is 0.328. The van der Waals surface area contributed by atoms with Crippen molar-refractivity contribution in [2.24, 2.45) is 4.99 Å². The van der Waals surface area contributed by atoms with Crippen LogP contribution in [0.3, 0.4) is 0 Å². The van der Waals surface area contributed by atoms with E-state index >= 15 is 0 Å². The Morgan fingerprint density at radius 3 is 2.48 bits per heavy atom. The standard InChI is InChI=1S/C24H22N2O5/c1-28-21-14-19(23-25-22(26-31-23)17-6-4-3-5-7-17)12-13-20(21)30-15-16-8-10-18(11-9-16)24(27)29-2/h3-14,23H,15H2,1-2H3,(H,25,26)/t23-/m0/s1. The number of hydrogen-bond donors (Lipinski definition) is 1. The zero-order valence-corrected chi connectivity index (χ0v) is 17.2. The van der Waals surface area contributed by atoms with Crippen molar-refractivity contribution >= 4 is 11.8 Å². The summed E-state index contributed by atoms with van der Waals surface area (Å²) in [5, 5.41) is 0. The molecule has 0 spiro atoms. The third-order valence-corrected chi connectivity index (χ3v) is 4.80. The van der Waals surface area contributed by atoms with E-state index in [1.165, 1.54) is 7.11 Å². The summed E-state index contributed by atoms with van der Waals surface area (Å²) in [5.74, 6) is 1.49. The molecule has 158 valence electrons. The number of esters is 1. The van der Waals surface area contributed by atoms with Crippen LogP contribution in [-0.2, 0) is 16.2 Å². The maximum Gasteiger partial charge on any atom is 0.337 e. The number of aliphatic imine (C=N–C) groups is 1. The van der Waals surface area contributed by atoms with Gasteiger partial charge in [-0.25, -0.2) is 20.1 Å².